The average molecular weight is 200 g/mol. The van der Waals surface area contributed by atoms with Gasteiger partial charge in [-0.05, 0) is 19.8 Å². The van der Waals surface area contributed by atoms with Crippen LogP contribution in [0.1, 0.15) is 46.5 Å². The van der Waals surface area contributed by atoms with E-state index in [9.17, 15) is 4.79 Å². The van der Waals surface area contributed by atoms with Crippen molar-refractivity contribution >= 4 is 5.91 Å². The van der Waals surface area contributed by atoms with Gasteiger partial charge in [0.2, 0.25) is 5.91 Å². The van der Waals surface area contributed by atoms with Gasteiger partial charge >= 0.3 is 0 Å². The molecule has 0 aliphatic carbocycles. The topological polar surface area (TPSA) is 41.1 Å². The van der Waals surface area contributed by atoms with E-state index in [0.29, 0.717) is 12.6 Å². The molecule has 0 fully saturated rings. The number of hydrogen-bond donors (Lipinski definition) is 2. The maximum Gasteiger partial charge on any atom is 0.233 e. The van der Waals surface area contributed by atoms with Crippen molar-refractivity contribution in [1.82, 2.24) is 10.6 Å². The van der Waals surface area contributed by atoms with Crippen LogP contribution in [-0.2, 0) is 4.79 Å². The molecular weight excluding hydrogens is 176 g/mol. The number of hydrogen-bond acceptors (Lipinski definition) is 2. The molecule has 0 saturated heterocycles. The standard InChI is InChI=1S/C11H24N2O/c1-4-6-8-12-11(14)9-13-10(3)7-5-2/h10,13H,4-9H2,1-3H3,(H,12,14). The third kappa shape index (κ3) is 8.05. The van der Waals surface area contributed by atoms with E-state index in [2.05, 4.69) is 31.4 Å². The molecule has 1 unspecified atom stereocenters. The lowest BCUT2D eigenvalue weighted by atomic mass is 10.2. The van der Waals surface area contributed by atoms with E-state index in [1.165, 1.54) is 0 Å². The molecule has 1 amide bonds. The molecule has 3 heteroatoms. The molecule has 1 atom stereocenters. The van der Waals surface area contributed by atoms with Gasteiger partial charge in [-0.3, -0.25) is 4.79 Å². The summed E-state index contributed by atoms with van der Waals surface area (Å²) >= 11 is 0. The Labute approximate surface area is 87.6 Å². The lowest BCUT2D eigenvalue weighted by molar-refractivity contribution is -0.120. The van der Waals surface area contributed by atoms with Crippen LogP contribution in [0.3, 0.4) is 0 Å². The minimum absolute atomic E-state index is 0.112. The van der Waals surface area contributed by atoms with E-state index in [-0.39, 0.29) is 5.91 Å². The number of carbonyl (C=O) groups is 1. The van der Waals surface area contributed by atoms with E-state index in [0.717, 1.165) is 32.2 Å². The van der Waals surface area contributed by atoms with Gasteiger partial charge in [0.05, 0.1) is 6.54 Å². The van der Waals surface area contributed by atoms with E-state index in [1.807, 2.05) is 0 Å². The minimum atomic E-state index is 0.112. The molecule has 0 radical (unpaired) electrons. The van der Waals surface area contributed by atoms with Gasteiger partial charge in [-0.15, -0.1) is 0 Å². The summed E-state index contributed by atoms with van der Waals surface area (Å²) in [4.78, 5) is 11.3. The van der Waals surface area contributed by atoms with Crippen molar-refractivity contribution in [3.05, 3.63) is 0 Å². The van der Waals surface area contributed by atoms with Crippen LogP contribution in [-0.4, -0.2) is 25.0 Å². The highest BCUT2D eigenvalue weighted by atomic mass is 16.1. The van der Waals surface area contributed by atoms with Crippen molar-refractivity contribution in [2.45, 2.75) is 52.5 Å². The summed E-state index contributed by atoms with van der Waals surface area (Å²) in [6.07, 6.45) is 4.48. The number of unbranched alkanes of at least 4 members (excludes halogenated alkanes) is 1. The van der Waals surface area contributed by atoms with Crippen molar-refractivity contribution in [2.75, 3.05) is 13.1 Å². The summed E-state index contributed by atoms with van der Waals surface area (Å²) < 4.78 is 0. The normalized spacial score (nSPS) is 12.5. The summed E-state index contributed by atoms with van der Waals surface area (Å²) in [5, 5.41) is 6.08. The van der Waals surface area contributed by atoms with Gasteiger partial charge in [0.1, 0.15) is 0 Å². The third-order valence-electron chi connectivity index (χ3n) is 2.19. The Kier molecular flexibility index (Phi) is 8.64. The minimum Gasteiger partial charge on any atom is -0.355 e. The summed E-state index contributed by atoms with van der Waals surface area (Å²) in [5.41, 5.74) is 0. The molecule has 0 aromatic carbocycles. The lowest BCUT2D eigenvalue weighted by Crippen LogP contribution is -2.38. The smallest absolute Gasteiger partial charge is 0.233 e. The molecule has 0 bridgehead atoms. The Bertz CT molecular complexity index is 148. The Balaban J connectivity index is 3.34. The Morgan fingerprint density at radius 1 is 1.29 bits per heavy atom. The van der Waals surface area contributed by atoms with Gasteiger partial charge in [-0.1, -0.05) is 26.7 Å². The van der Waals surface area contributed by atoms with Crippen LogP contribution in [0.25, 0.3) is 0 Å². The second-order valence-corrected chi connectivity index (χ2v) is 3.77. The fraction of sp³-hybridized carbons (Fsp3) is 0.909. The molecule has 84 valence electrons. The Hall–Kier alpha value is -0.570. The average Bonchev–Trinajstić information content (AvgIpc) is 2.16. The van der Waals surface area contributed by atoms with Crippen molar-refractivity contribution in [1.29, 1.82) is 0 Å². The van der Waals surface area contributed by atoms with Gasteiger partial charge in [0, 0.05) is 12.6 Å². The molecule has 3 nitrogen and oxygen atoms in total. The van der Waals surface area contributed by atoms with Gasteiger partial charge in [0.15, 0.2) is 0 Å². The molecule has 0 aliphatic heterocycles. The largest absolute Gasteiger partial charge is 0.355 e. The second-order valence-electron chi connectivity index (χ2n) is 3.77. The van der Waals surface area contributed by atoms with Crippen LogP contribution in [0.4, 0.5) is 0 Å². The molecule has 2 N–H and O–H groups in total. The molecule has 0 heterocycles. The van der Waals surface area contributed by atoms with Crippen molar-refractivity contribution in [3.63, 3.8) is 0 Å². The predicted octanol–water partition coefficient (Wildman–Crippen LogP) is 1.68. The maximum absolute atomic E-state index is 11.3. The molecule has 0 saturated carbocycles. The fourth-order valence-corrected chi connectivity index (χ4v) is 1.27. The number of nitrogens with one attached hydrogen (secondary N) is 2. The molecule has 0 aromatic heterocycles. The van der Waals surface area contributed by atoms with Crippen molar-refractivity contribution in [2.24, 2.45) is 0 Å². The number of rotatable bonds is 8. The quantitative estimate of drug-likeness (QED) is 0.585. The molecule has 0 rings (SSSR count). The first-order valence-electron chi connectivity index (χ1n) is 5.70. The third-order valence-corrected chi connectivity index (χ3v) is 2.19. The zero-order valence-electron chi connectivity index (χ0n) is 9.73. The van der Waals surface area contributed by atoms with E-state index >= 15 is 0 Å². The number of carbonyl (C=O) groups excluding carboxylic acids is 1. The van der Waals surface area contributed by atoms with Gasteiger partial charge in [-0.2, -0.15) is 0 Å². The summed E-state index contributed by atoms with van der Waals surface area (Å²) in [7, 11) is 0. The molecule has 0 aliphatic rings. The zero-order chi connectivity index (χ0) is 10.8. The van der Waals surface area contributed by atoms with Crippen LogP contribution < -0.4 is 10.6 Å². The molecule has 14 heavy (non-hydrogen) atoms. The molecule has 0 aromatic rings. The highest BCUT2D eigenvalue weighted by Crippen LogP contribution is 1.93. The highest BCUT2D eigenvalue weighted by molar-refractivity contribution is 5.77. The van der Waals surface area contributed by atoms with Crippen LogP contribution in [0.2, 0.25) is 0 Å². The second kappa shape index (κ2) is 9.00. The SMILES string of the molecule is CCCCNC(=O)CNC(C)CCC. The first-order chi connectivity index (χ1) is 6.70. The van der Waals surface area contributed by atoms with Gasteiger partial charge in [0.25, 0.3) is 0 Å². The van der Waals surface area contributed by atoms with Crippen LogP contribution in [0, 0.1) is 0 Å². The fourth-order valence-electron chi connectivity index (χ4n) is 1.27. The highest BCUT2D eigenvalue weighted by Gasteiger charge is 2.03. The molecule has 0 spiro atoms. The van der Waals surface area contributed by atoms with Crippen molar-refractivity contribution in [3.8, 4) is 0 Å². The summed E-state index contributed by atoms with van der Waals surface area (Å²) in [5.74, 6) is 0.112. The van der Waals surface area contributed by atoms with Gasteiger partial charge < -0.3 is 10.6 Å². The zero-order valence-corrected chi connectivity index (χ0v) is 9.73. The predicted molar refractivity (Wildman–Crippen MR) is 60.3 cm³/mol. The van der Waals surface area contributed by atoms with E-state index in [1.54, 1.807) is 0 Å². The van der Waals surface area contributed by atoms with Crippen molar-refractivity contribution < 1.29 is 4.79 Å². The van der Waals surface area contributed by atoms with Crippen LogP contribution in [0.5, 0.6) is 0 Å². The number of amides is 1. The first kappa shape index (κ1) is 13.4. The summed E-state index contributed by atoms with van der Waals surface area (Å²) in [6, 6.07) is 0.442. The maximum atomic E-state index is 11.3. The monoisotopic (exact) mass is 200 g/mol. The van der Waals surface area contributed by atoms with Crippen LogP contribution >= 0.6 is 0 Å². The van der Waals surface area contributed by atoms with Crippen LogP contribution in [0.15, 0.2) is 0 Å². The van der Waals surface area contributed by atoms with Gasteiger partial charge in [-0.25, -0.2) is 0 Å². The summed E-state index contributed by atoms with van der Waals surface area (Å²) in [6.45, 7) is 7.64. The Morgan fingerprint density at radius 2 is 2.00 bits per heavy atom. The first-order valence-corrected chi connectivity index (χ1v) is 5.70. The molecular formula is C11H24N2O. The lowest BCUT2D eigenvalue weighted by Gasteiger charge is -2.12. The Morgan fingerprint density at radius 3 is 2.57 bits per heavy atom. The van der Waals surface area contributed by atoms with E-state index in [4.69, 9.17) is 0 Å². The van der Waals surface area contributed by atoms with E-state index < -0.39 is 0 Å².